The van der Waals surface area contributed by atoms with Gasteiger partial charge < -0.3 is 10.6 Å². The minimum Gasteiger partial charge on any atom is -0.326 e. The molecule has 0 heterocycles. The third-order valence-corrected chi connectivity index (χ3v) is 2.94. The van der Waals surface area contributed by atoms with Crippen LogP contribution in [0.4, 0.5) is 0 Å². The van der Waals surface area contributed by atoms with Crippen molar-refractivity contribution < 1.29 is 0 Å². The number of aryl methyl sites for hydroxylation is 1. The SMILES string of the molecule is CCC(N)C(c1ccccc1C)N(C)C. The predicted molar refractivity (Wildman–Crippen MR) is 65.9 cm³/mol. The lowest BCUT2D eigenvalue weighted by Crippen LogP contribution is -2.37. The van der Waals surface area contributed by atoms with E-state index in [9.17, 15) is 0 Å². The summed E-state index contributed by atoms with van der Waals surface area (Å²) in [6.07, 6.45) is 0.997. The molecule has 0 bridgehead atoms. The molecule has 2 nitrogen and oxygen atoms in total. The summed E-state index contributed by atoms with van der Waals surface area (Å²) in [7, 11) is 4.18. The Hall–Kier alpha value is -0.860. The van der Waals surface area contributed by atoms with Crippen molar-refractivity contribution in [2.45, 2.75) is 32.4 Å². The summed E-state index contributed by atoms with van der Waals surface area (Å²) in [4.78, 5) is 2.20. The van der Waals surface area contributed by atoms with Crippen LogP contribution < -0.4 is 5.73 Å². The lowest BCUT2D eigenvalue weighted by atomic mass is 9.93. The summed E-state index contributed by atoms with van der Waals surface area (Å²) in [5.41, 5.74) is 8.84. The maximum absolute atomic E-state index is 6.18. The van der Waals surface area contributed by atoms with Gasteiger partial charge in [-0.05, 0) is 38.6 Å². The van der Waals surface area contributed by atoms with Crippen molar-refractivity contribution in [1.29, 1.82) is 0 Å². The van der Waals surface area contributed by atoms with Gasteiger partial charge in [-0.2, -0.15) is 0 Å². The molecule has 0 spiro atoms. The standard InChI is InChI=1S/C13H22N2/c1-5-12(14)13(15(3)4)11-9-7-6-8-10(11)2/h6-9,12-13H,5,14H2,1-4H3. The van der Waals surface area contributed by atoms with Gasteiger partial charge in [0.2, 0.25) is 0 Å². The van der Waals surface area contributed by atoms with Crippen LogP contribution in [0.1, 0.15) is 30.5 Å². The second-order valence-corrected chi connectivity index (χ2v) is 4.34. The number of hydrogen-bond acceptors (Lipinski definition) is 2. The maximum atomic E-state index is 6.18. The van der Waals surface area contributed by atoms with Crippen LogP contribution >= 0.6 is 0 Å². The minimum absolute atomic E-state index is 0.195. The summed E-state index contributed by atoms with van der Waals surface area (Å²) in [5, 5.41) is 0. The van der Waals surface area contributed by atoms with Crippen molar-refractivity contribution in [3.05, 3.63) is 35.4 Å². The average molecular weight is 206 g/mol. The summed E-state index contributed by atoms with van der Waals surface area (Å²) in [6.45, 7) is 4.29. The molecule has 1 rings (SSSR count). The third kappa shape index (κ3) is 2.80. The molecule has 2 heteroatoms. The molecular weight excluding hydrogens is 184 g/mol. The van der Waals surface area contributed by atoms with Gasteiger partial charge in [0.1, 0.15) is 0 Å². The molecule has 0 aromatic heterocycles. The summed E-state index contributed by atoms with van der Waals surface area (Å²) < 4.78 is 0. The smallest absolute Gasteiger partial charge is 0.0496 e. The molecule has 0 fully saturated rings. The van der Waals surface area contributed by atoms with Gasteiger partial charge in [0.15, 0.2) is 0 Å². The van der Waals surface area contributed by atoms with E-state index < -0.39 is 0 Å². The number of likely N-dealkylation sites (N-methyl/N-ethyl adjacent to an activating group) is 1. The highest BCUT2D eigenvalue weighted by atomic mass is 15.1. The molecule has 0 amide bonds. The van der Waals surface area contributed by atoms with E-state index in [1.165, 1.54) is 11.1 Å². The zero-order valence-electron chi connectivity index (χ0n) is 10.2. The molecular formula is C13H22N2. The van der Waals surface area contributed by atoms with E-state index >= 15 is 0 Å². The Bertz CT molecular complexity index is 307. The summed E-state index contributed by atoms with van der Waals surface area (Å²) in [6, 6.07) is 8.99. The lowest BCUT2D eigenvalue weighted by molar-refractivity contribution is 0.253. The third-order valence-electron chi connectivity index (χ3n) is 2.94. The van der Waals surface area contributed by atoms with Gasteiger partial charge in [-0.1, -0.05) is 31.2 Å². The Morgan fingerprint density at radius 3 is 2.33 bits per heavy atom. The largest absolute Gasteiger partial charge is 0.326 e. The molecule has 2 unspecified atom stereocenters. The lowest BCUT2D eigenvalue weighted by Gasteiger charge is -2.31. The molecule has 15 heavy (non-hydrogen) atoms. The number of nitrogens with two attached hydrogens (primary N) is 1. The first kappa shape index (κ1) is 12.2. The zero-order valence-corrected chi connectivity index (χ0v) is 10.2. The van der Waals surface area contributed by atoms with Crippen molar-refractivity contribution in [2.75, 3.05) is 14.1 Å². The van der Waals surface area contributed by atoms with E-state index in [2.05, 4.69) is 57.1 Å². The van der Waals surface area contributed by atoms with E-state index in [0.717, 1.165) is 6.42 Å². The fourth-order valence-electron chi connectivity index (χ4n) is 2.03. The molecule has 0 saturated heterocycles. The van der Waals surface area contributed by atoms with Gasteiger partial charge in [-0.15, -0.1) is 0 Å². The van der Waals surface area contributed by atoms with E-state index in [4.69, 9.17) is 5.73 Å². The van der Waals surface area contributed by atoms with Gasteiger partial charge in [-0.25, -0.2) is 0 Å². The van der Waals surface area contributed by atoms with E-state index in [1.54, 1.807) is 0 Å². The van der Waals surface area contributed by atoms with Crippen molar-refractivity contribution in [3.8, 4) is 0 Å². The first-order valence-electron chi connectivity index (χ1n) is 5.55. The van der Waals surface area contributed by atoms with E-state index in [-0.39, 0.29) is 6.04 Å². The van der Waals surface area contributed by atoms with Crippen LogP contribution in [-0.2, 0) is 0 Å². The molecule has 2 N–H and O–H groups in total. The van der Waals surface area contributed by atoms with Crippen molar-refractivity contribution >= 4 is 0 Å². The summed E-state index contributed by atoms with van der Waals surface area (Å²) in [5.74, 6) is 0. The highest BCUT2D eigenvalue weighted by Crippen LogP contribution is 2.25. The Morgan fingerprint density at radius 1 is 1.27 bits per heavy atom. The van der Waals surface area contributed by atoms with Crippen LogP contribution in [0.25, 0.3) is 0 Å². The van der Waals surface area contributed by atoms with Crippen LogP contribution in [0.3, 0.4) is 0 Å². The van der Waals surface area contributed by atoms with Gasteiger partial charge >= 0.3 is 0 Å². The van der Waals surface area contributed by atoms with Crippen LogP contribution in [0.5, 0.6) is 0 Å². The topological polar surface area (TPSA) is 29.3 Å². The van der Waals surface area contributed by atoms with Gasteiger partial charge in [0.05, 0.1) is 0 Å². The predicted octanol–water partition coefficient (Wildman–Crippen LogP) is 2.34. The number of rotatable bonds is 4. The Morgan fingerprint density at radius 2 is 1.87 bits per heavy atom. The Labute approximate surface area is 93.1 Å². The normalized spacial score (nSPS) is 15.3. The monoisotopic (exact) mass is 206 g/mol. The van der Waals surface area contributed by atoms with Crippen molar-refractivity contribution in [3.63, 3.8) is 0 Å². The molecule has 84 valence electrons. The van der Waals surface area contributed by atoms with Gasteiger partial charge in [-0.3, -0.25) is 0 Å². The van der Waals surface area contributed by atoms with Crippen LogP contribution in [0.2, 0.25) is 0 Å². The Kier molecular flexibility index (Phi) is 4.30. The first-order valence-corrected chi connectivity index (χ1v) is 5.55. The fourth-order valence-corrected chi connectivity index (χ4v) is 2.03. The summed E-state index contributed by atoms with van der Waals surface area (Å²) >= 11 is 0. The minimum atomic E-state index is 0.195. The van der Waals surface area contributed by atoms with Crippen molar-refractivity contribution in [1.82, 2.24) is 4.90 Å². The molecule has 0 aliphatic carbocycles. The molecule has 0 aliphatic heterocycles. The second kappa shape index (κ2) is 5.29. The molecule has 0 radical (unpaired) electrons. The Balaban J connectivity index is 3.04. The quantitative estimate of drug-likeness (QED) is 0.819. The maximum Gasteiger partial charge on any atom is 0.0496 e. The van der Waals surface area contributed by atoms with Crippen molar-refractivity contribution in [2.24, 2.45) is 5.73 Å². The van der Waals surface area contributed by atoms with Crippen LogP contribution in [0, 0.1) is 6.92 Å². The molecule has 1 aromatic rings. The highest BCUT2D eigenvalue weighted by Gasteiger charge is 2.21. The zero-order chi connectivity index (χ0) is 11.4. The van der Waals surface area contributed by atoms with E-state index in [0.29, 0.717) is 6.04 Å². The molecule has 2 atom stereocenters. The molecule has 0 aliphatic rings. The number of hydrogen-bond donors (Lipinski definition) is 1. The van der Waals surface area contributed by atoms with Gasteiger partial charge in [0.25, 0.3) is 0 Å². The fraction of sp³-hybridized carbons (Fsp3) is 0.538. The van der Waals surface area contributed by atoms with Crippen LogP contribution in [-0.4, -0.2) is 25.0 Å². The first-order chi connectivity index (χ1) is 7.07. The number of nitrogens with zero attached hydrogens (tertiary/aromatic N) is 1. The highest BCUT2D eigenvalue weighted by molar-refractivity contribution is 5.29. The molecule has 1 aromatic carbocycles. The van der Waals surface area contributed by atoms with Gasteiger partial charge in [0, 0.05) is 12.1 Å². The van der Waals surface area contributed by atoms with E-state index in [1.807, 2.05) is 0 Å². The second-order valence-electron chi connectivity index (χ2n) is 4.34. The van der Waals surface area contributed by atoms with Crippen LogP contribution in [0.15, 0.2) is 24.3 Å². The average Bonchev–Trinajstić information content (AvgIpc) is 2.20. The molecule has 0 saturated carbocycles. The number of benzene rings is 1.